The minimum Gasteiger partial charge on any atom is -0.481 e. The minimum atomic E-state index is -0.631. The van der Waals surface area contributed by atoms with Crippen LogP contribution in [0.1, 0.15) is 0 Å². The van der Waals surface area contributed by atoms with Gasteiger partial charge in [-0.2, -0.15) is 0 Å². The molecular weight excluding hydrogens is 362 g/mol. The highest BCUT2D eigenvalue weighted by molar-refractivity contribution is 5.93. The summed E-state index contributed by atoms with van der Waals surface area (Å²) in [6, 6.07) is 18.3. The fraction of sp³-hybridized carbons (Fsp3) is 0.143. The summed E-state index contributed by atoms with van der Waals surface area (Å²) in [5, 5.41) is 4.54. The van der Waals surface area contributed by atoms with Crippen molar-refractivity contribution in [2.24, 2.45) is 0 Å². The normalized spacial score (nSPS) is 11.9. The standard InChI is InChI=1S/C21H17NO6/c23-20(22-15-8-9-18-19(10-15)28-13-27-18)11-26-21(24)12-25-17-7-3-5-14-4-1-2-6-16(14)17/h1-10H,11-13H2,(H,22,23). The number of anilines is 1. The molecule has 3 aromatic carbocycles. The summed E-state index contributed by atoms with van der Waals surface area (Å²) in [5.41, 5.74) is 0.525. The highest BCUT2D eigenvalue weighted by atomic mass is 16.7. The maximum atomic E-state index is 12.0. The van der Waals surface area contributed by atoms with Crippen molar-refractivity contribution >= 4 is 28.3 Å². The Morgan fingerprint density at radius 2 is 1.75 bits per heavy atom. The van der Waals surface area contributed by atoms with Crippen LogP contribution in [-0.2, 0) is 14.3 Å². The van der Waals surface area contributed by atoms with Crippen molar-refractivity contribution in [3.8, 4) is 17.2 Å². The van der Waals surface area contributed by atoms with Crippen LogP contribution in [0.2, 0.25) is 0 Å². The second-order valence-electron chi connectivity index (χ2n) is 6.04. The van der Waals surface area contributed by atoms with Crippen molar-refractivity contribution in [1.29, 1.82) is 0 Å². The number of hydrogen-bond donors (Lipinski definition) is 1. The third kappa shape index (κ3) is 3.98. The third-order valence-corrected chi connectivity index (χ3v) is 4.12. The number of fused-ring (bicyclic) bond motifs is 2. The molecule has 0 saturated carbocycles. The molecule has 7 nitrogen and oxygen atoms in total. The van der Waals surface area contributed by atoms with Gasteiger partial charge in [-0.05, 0) is 23.6 Å². The SMILES string of the molecule is O=C(COC(=O)COc1cccc2ccccc12)Nc1ccc2c(c1)OCO2. The molecule has 3 aromatic rings. The van der Waals surface area contributed by atoms with Gasteiger partial charge in [-0.3, -0.25) is 4.79 Å². The summed E-state index contributed by atoms with van der Waals surface area (Å²) in [5.74, 6) is 0.666. The van der Waals surface area contributed by atoms with E-state index >= 15 is 0 Å². The summed E-state index contributed by atoms with van der Waals surface area (Å²) < 4.78 is 21.0. The molecule has 1 heterocycles. The van der Waals surface area contributed by atoms with Crippen LogP contribution in [0.3, 0.4) is 0 Å². The molecule has 0 unspecified atom stereocenters. The predicted octanol–water partition coefficient (Wildman–Crippen LogP) is 3.13. The van der Waals surface area contributed by atoms with E-state index in [2.05, 4.69) is 5.32 Å². The first-order chi connectivity index (χ1) is 13.7. The summed E-state index contributed by atoms with van der Waals surface area (Å²) in [6.07, 6.45) is 0. The Morgan fingerprint density at radius 3 is 2.68 bits per heavy atom. The molecule has 142 valence electrons. The largest absolute Gasteiger partial charge is 0.481 e. The predicted molar refractivity (Wildman–Crippen MR) is 102 cm³/mol. The van der Waals surface area contributed by atoms with Gasteiger partial charge in [0.2, 0.25) is 6.79 Å². The zero-order valence-corrected chi connectivity index (χ0v) is 14.8. The Bertz CT molecular complexity index is 1030. The van der Waals surface area contributed by atoms with Gasteiger partial charge >= 0.3 is 5.97 Å². The lowest BCUT2D eigenvalue weighted by Gasteiger charge is -2.10. The molecule has 1 N–H and O–H groups in total. The molecule has 0 atom stereocenters. The average molecular weight is 379 g/mol. The zero-order valence-electron chi connectivity index (χ0n) is 14.8. The van der Waals surface area contributed by atoms with Gasteiger partial charge in [0.05, 0.1) is 0 Å². The molecule has 0 spiro atoms. The molecular formula is C21H17NO6. The summed E-state index contributed by atoms with van der Waals surface area (Å²) in [6.45, 7) is -0.543. The molecule has 0 aromatic heterocycles. The molecule has 0 aliphatic carbocycles. The van der Waals surface area contributed by atoms with Gasteiger partial charge in [0.15, 0.2) is 24.7 Å². The van der Waals surface area contributed by atoms with Crippen LogP contribution in [0.5, 0.6) is 17.2 Å². The molecule has 28 heavy (non-hydrogen) atoms. The van der Waals surface area contributed by atoms with Crippen molar-refractivity contribution in [2.45, 2.75) is 0 Å². The van der Waals surface area contributed by atoms with Crippen molar-refractivity contribution in [2.75, 3.05) is 25.3 Å². The molecule has 0 bridgehead atoms. The molecule has 0 radical (unpaired) electrons. The Balaban J connectivity index is 1.26. The molecule has 1 aliphatic heterocycles. The van der Waals surface area contributed by atoms with Crippen LogP contribution >= 0.6 is 0 Å². The van der Waals surface area contributed by atoms with E-state index in [1.807, 2.05) is 36.4 Å². The number of carbonyl (C=O) groups excluding carboxylic acids is 2. The van der Waals surface area contributed by atoms with Gasteiger partial charge in [0, 0.05) is 17.1 Å². The van der Waals surface area contributed by atoms with Gasteiger partial charge < -0.3 is 24.3 Å². The Hall–Kier alpha value is -3.74. The topological polar surface area (TPSA) is 83.1 Å². The van der Waals surface area contributed by atoms with Gasteiger partial charge in [0.25, 0.3) is 5.91 Å². The van der Waals surface area contributed by atoms with E-state index in [4.69, 9.17) is 18.9 Å². The first-order valence-corrected chi connectivity index (χ1v) is 8.65. The van der Waals surface area contributed by atoms with E-state index in [0.29, 0.717) is 22.9 Å². The van der Waals surface area contributed by atoms with E-state index in [1.54, 1.807) is 24.3 Å². The van der Waals surface area contributed by atoms with Crippen molar-refractivity contribution in [3.05, 3.63) is 60.7 Å². The molecule has 4 rings (SSSR count). The van der Waals surface area contributed by atoms with Gasteiger partial charge in [-0.25, -0.2) is 4.79 Å². The number of ether oxygens (including phenoxy) is 4. The number of rotatable bonds is 6. The van der Waals surface area contributed by atoms with E-state index in [-0.39, 0.29) is 13.4 Å². The quantitative estimate of drug-likeness (QED) is 0.663. The minimum absolute atomic E-state index is 0.154. The number of carbonyl (C=O) groups is 2. The lowest BCUT2D eigenvalue weighted by atomic mass is 10.1. The molecule has 0 fully saturated rings. The van der Waals surface area contributed by atoms with Crippen molar-refractivity contribution in [1.82, 2.24) is 0 Å². The Labute approximate surface area is 160 Å². The van der Waals surface area contributed by atoms with E-state index in [0.717, 1.165) is 10.8 Å². The number of benzene rings is 3. The summed E-state index contributed by atoms with van der Waals surface area (Å²) in [7, 11) is 0. The second-order valence-corrected chi connectivity index (χ2v) is 6.04. The van der Waals surface area contributed by atoms with Crippen LogP contribution in [0.25, 0.3) is 10.8 Å². The highest BCUT2D eigenvalue weighted by Crippen LogP contribution is 2.34. The molecule has 7 heteroatoms. The van der Waals surface area contributed by atoms with Crippen molar-refractivity contribution < 1.29 is 28.5 Å². The fourth-order valence-electron chi connectivity index (χ4n) is 2.82. The fourth-order valence-corrected chi connectivity index (χ4v) is 2.82. The van der Waals surface area contributed by atoms with E-state index < -0.39 is 18.5 Å². The van der Waals surface area contributed by atoms with Crippen LogP contribution in [0.4, 0.5) is 5.69 Å². The number of amides is 1. The van der Waals surface area contributed by atoms with Crippen LogP contribution < -0.4 is 19.5 Å². The Morgan fingerprint density at radius 1 is 0.929 bits per heavy atom. The Kier molecular flexibility index (Phi) is 4.97. The van der Waals surface area contributed by atoms with E-state index in [1.165, 1.54) is 0 Å². The second kappa shape index (κ2) is 7.87. The third-order valence-electron chi connectivity index (χ3n) is 4.12. The first kappa shape index (κ1) is 17.7. The smallest absolute Gasteiger partial charge is 0.344 e. The van der Waals surface area contributed by atoms with Crippen LogP contribution in [-0.4, -0.2) is 31.9 Å². The van der Waals surface area contributed by atoms with Crippen LogP contribution in [0, 0.1) is 0 Å². The summed E-state index contributed by atoms with van der Waals surface area (Å²) in [4.78, 5) is 23.9. The molecule has 1 amide bonds. The van der Waals surface area contributed by atoms with Gasteiger partial charge in [-0.1, -0.05) is 36.4 Å². The summed E-state index contributed by atoms with van der Waals surface area (Å²) >= 11 is 0. The molecule has 0 saturated heterocycles. The van der Waals surface area contributed by atoms with Gasteiger partial charge in [0.1, 0.15) is 5.75 Å². The zero-order chi connectivity index (χ0) is 19.3. The maximum Gasteiger partial charge on any atom is 0.344 e. The molecule has 1 aliphatic rings. The number of nitrogens with one attached hydrogen (secondary N) is 1. The van der Waals surface area contributed by atoms with E-state index in [9.17, 15) is 9.59 Å². The average Bonchev–Trinajstić information content (AvgIpc) is 3.18. The van der Waals surface area contributed by atoms with Crippen molar-refractivity contribution in [3.63, 3.8) is 0 Å². The van der Waals surface area contributed by atoms with Gasteiger partial charge in [-0.15, -0.1) is 0 Å². The first-order valence-electron chi connectivity index (χ1n) is 8.65. The lowest BCUT2D eigenvalue weighted by Crippen LogP contribution is -2.23. The lowest BCUT2D eigenvalue weighted by molar-refractivity contribution is -0.149. The monoisotopic (exact) mass is 379 g/mol. The maximum absolute atomic E-state index is 12.0. The highest BCUT2D eigenvalue weighted by Gasteiger charge is 2.15. The van der Waals surface area contributed by atoms with Crippen LogP contribution in [0.15, 0.2) is 60.7 Å². The number of esters is 1. The number of hydrogen-bond acceptors (Lipinski definition) is 6.